The second kappa shape index (κ2) is 6.65. The summed E-state index contributed by atoms with van der Waals surface area (Å²) in [6, 6.07) is 4.81. The van der Waals surface area contributed by atoms with Crippen molar-refractivity contribution in [1.82, 2.24) is 10.3 Å². The fourth-order valence-corrected chi connectivity index (χ4v) is 2.94. The number of hydrogen-bond acceptors (Lipinski definition) is 4. The Bertz CT molecular complexity index is 451. The van der Waals surface area contributed by atoms with Gasteiger partial charge in [-0.2, -0.15) is 0 Å². The Balaban J connectivity index is 1.55. The summed E-state index contributed by atoms with van der Waals surface area (Å²) in [5, 5.41) is 3.66. The number of pyridine rings is 1. The average Bonchev–Trinajstić information content (AvgIpc) is 3.30. The minimum absolute atomic E-state index is 0.188. The summed E-state index contributed by atoms with van der Waals surface area (Å²) in [5.74, 6) is 2.75. The summed E-state index contributed by atoms with van der Waals surface area (Å²) in [6.07, 6.45) is 7.30. The molecule has 0 amide bonds. The largest absolute Gasteiger partial charge is 0.487 e. The van der Waals surface area contributed by atoms with Gasteiger partial charge in [-0.1, -0.05) is 0 Å². The maximum absolute atomic E-state index is 5.90. The van der Waals surface area contributed by atoms with E-state index in [-0.39, 0.29) is 6.10 Å². The highest BCUT2D eigenvalue weighted by Crippen LogP contribution is 2.30. The van der Waals surface area contributed by atoms with Gasteiger partial charge < -0.3 is 15.0 Å². The third kappa shape index (κ3) is 4.10. The summed E-state index contributed by atoms with van der Waals surface area (Å²) in [6.45, 7) is 7.49. The van der Waals surface area contributed by atoms with Gasteiger partial charge >= 0.3 is 0 Å². The Morgan fingerprint density at radius 2 is 2.05 bits per heavy atom. The second-order valence-electron chi connectivity index (χ2n) is 6.60. The molecule has 1 N–H and O–H groups in total. The first-order valence-corrected chi connectivity index (χ1v) is 8.32. The number of rotatable bonds is 6. The summed E-state index contributed by atoms with van der Waals surface area (Å²) >= 11 is 0. The second-order valence-corrected chi connectivity index (χ2v) is 6.60. The van der Waals surface area contributed by atoms with E-state index in [1.165, 1.54) is 32.2 Å². The van der Waals surface area contributed by atoms with Gasteiger partial charge in [0.15, 0.2) is 11.6 Å². The third-order valence-corrected chi connectivity index (χ3v) is 4.30. The number of nitrogens with one attached hydrogen (secondary N) is 1. The lowest BCUT2D eigenvalue weighted by atomic mass is 9.96. The molecule has 3 rings (SSSR count). The maximum Gasteiger partial charge on any atom is 0.171 e. The van der Waals surface area contributed by atoms with Crippen LogP contribution in [0.2, 0.25) is 0 Å². The van der Waals surface area contributed by atoms with Gasteiger partial charge in [0.05, 0.1) is 6.10 Å². The van der Waals surface area contributed by atoms with Crippen molar-refractivity contribution in [1.29, 1.82) is 0 Å². The predicted octanol–water partition coefficient (Wildman–Crippen LogP) is 2.84. The lowest BCUT2D eigenvalue weighted by molar-refractivity contribution is 0.241. The number of nitrogens with zero attached hydrogens (tertiary/aromatic N) is 2. The monoisotopic (exact) mass is 289 g/mol. The van der Waals surface area contributed by atoms with Crippen molar-refractivity contribution < 1.29 is 4.74 Å². The van der Waals surface area contributed by atoms with E-state index < -0.39 is 0 Å². The molecule has 1 aliphatic heterocycles. The van der Waals surface area contributed by atoms with E-state index in [9.17, 15) is 0 Å². The molecule has 116 valence electrons. The minimum Gasteiger partial charge on any atom is -0.487 e. The Labute approximate surface area is 127 Å². The van der Waals surface area contributed by atoms with Crippen LogP contribution < -0.4 is 15.0 Å². The molecule has 1 saturated heterocycles. The van der Waals surface area contributed by atoms with Gasteiger partial charge in [0.2, 0.25) is 0 Å². The molecule has 4 heteroatoms. The first-order chi connectivity index (χ1) is 10.2. The van der Waals surface area contributed by atoms with Crippen LogP contribution in [-0.4, -0.2) is 36.8 Å². The van der Waals surface area contributed by atoms with Crippen LogP contribution in [0.1, 0.15) is 39.5 Å². The van der Waals surface area contributed by atoms with Crippen LogP contribution in [0.25, 0.3) is 0 Å². The molecule has 1 aliphatic carbocycles. The molecule has 21 heavy (non-hydrogen) atoms. The zero-order valence-electron chi connectivity index (χ0n) is 13.2. The molecule has 2 heterocycles. The van der Waals surface area contributed by atoms with Crippen LogP contribution in [0, 0.1) is 5.92 Å². The van der Waals surface area contributed by atoms with Crippen molar-refractivity contribution in [3.8, 4) is 5.75 Å². The van der Waals surface area contributed by atoms with E-state index in [0.29, 0.717) is 0 Å². The zero-order valence-corrected chi connectivity index (χ0v) is 13.2. The molecule has 0 bridgehead atoms. The molecule has 0 unspecified atom stereocenters. The number of aromatic nitrogens is 1. The summed E-state index contributed by atoms with van der Waals surface area (Å²) < 4.78 is 5.90. The van der Waals surface area contributed by atoms with Crippen LogP contribution in [0.5, 0.6) is 5.75 Å². The number of hydrogen-bond donors (Lipinski definition) is 1. The highest BCUT2D eigenvalue weighted by atomic mass is 16.5. The Morgan fingerprint density at radius 1 is 1.29 bits per heavy atom. The van der Waals surface area contributed by atoms with Gasteiger partial charge in [-0.3, -0.25) is 0 Å². The standard InChI is InChI=1S/C17H27N3O/c1-13(2)21-16-4-3-9-18-17(16)20-10-7-14(8-11-20)12-19-15-5-6-15/h3-4,9,13-15,19H,5-8,10-12H2,1-2H3. The Hall–Kier alpha value is -1.29. The Kier molecular flexibility index (Phi) is 4.63. The van der Waals surface area contributed by atoms with Crippen molar-refractivity contribution in [3.05, 3.63) is 18.3 Å². The van der Waals surface area contributed by atoms with Crippen LogP contribution in [-0.2, 0) is 0 Å². The van der Waals surface area contributed by atoms with Crippen molar-refractivity contribution >= 4 is 5.82 Å². The topological polar surface area (TPSA) is 37.4 Å². The molecule has 0 radical (unpaired) electrons. The third-order valence-electron chi connectivity index (χ3n) is 4.30. The molecule has 1 saturated carbocycles. The highest BCUT2D eigenvalue weighted by molar-refractivity contribution is 5.52. The van der Waals surface area contributed by atoms with Gasteiger partial charge in [0.25, 0.3) is 0 Å². The van der Waals surface area contributed by atoms with E-state index in [2.05, 4.69) is 29.0 Å². The number of piperidine rings is 1. The van der Waals surface area contributed by atoms with Crippen molar-refractivity contribution in [2.24, 2.45) is 5.92 Å². The smallest absolute Gasteiger partial charge is 0.171 e. The minimum atomic E-state index is 0.188. The van der Waals surface area contributed by atoms with Gasteiger partial charge in [-0.25, -0.2) is 4.98 Å². The number of ether oxygens (including phenoxy) is 1. The van der Waals surface area contributed by atoms with E-state index in [4.69, 9.17) is 4.74 Å². The van der Waals surface area contributed by atoms with Crippen molar-refractivity contribution in [3.63, 3.8) is 0 Å². The van der Waals surface area contributed by atoms with Gasteiger partial charge in [0, 0.05) is 25.3 Å². The van der Waals surface area contributed by atoms with Gasteiger partial charge in [0.1, 0.15) is 0 Å². The van der Waals surface area contributed by atoms with Gasteiger partial charge in [-0.05, 0) is 64.1 Å². The fraction of sp³-hybridized carbons (Fsp3) is 0.706. The zero-order chi connectivity index (χ0) is 14.7. The average molecular weight is 289 g/mol. The Morgan fingerprint density at radius 3 is 2.71 bits per heavy atom. The van der Waals surface area contributed by atoms with Gasteiger partial charge in [-0.15, -0.1) is 0 Å². The summed E-state index contributed by atoms with van der Waals surface area (Å²) in [7, 11) is 0. The van der Waals surface area contributed by atoms with Crippen LogP contribution in [0.15, 0.2) is 18.3 Å². The quantitative estimate of drug-likeness (QED) is 0.874. The SMILES string of the molecule is CC(C)Oc1cccnc1N1CCC(CNC2CC2)CC1. The molecule has 1 aromatic rings. The number of anilines is 1. The maximum atomic E-state index is 5.90. The molecule has 0 aromatic carbocycles. The lowest BCUT2D eigenvalue weighted by Crippen LogP contribution is -2.38. The lowest BCUT2D eigenvalue weighted by Gasteiger charge is -2.33. The fourth-order valence-electron chi connectivity index (χ4n) is 2.94. The molecule has 4 nitrogen and oxygen atoms in total. The van der Waals surface area contributed by atoms with Crippen molar-refractivity contribution in [2.75, 3.05) is 24.5 Å². The molecular formula is C17H27N3O. The highest BCUT2D eigenvalue weighted by Gasteiger charge is 2.25. The van der Waals surface area contributed by atoms with Crippen LogP contribution >= 0.6 is 0 Å². The molecule has 0 spiro atoms. The van der Waals surface area contributed by atoms with E-state index in [0.717, 1.165) is 36.6 Å². The normalized spacial score (nSPS) is 20.0. The predicted molar refractivity (Wildman–Crippen MR) is 86.0 cm³/mol. The molecule has 2 fully saturated rings. The van der Waals surface area contributed by atoms with E-state index in [1.54, 1.807) is 0 Å². The first kappa shape index (κ1) is 14.6. The molecule has 2 aliphatic rings. The molecule has 1 aromatic heterocycles. The molecule has 0 atom stereocenters. The first-order valence-electron chi connectivity index (χ1n) is 8.32. The van der Waals surface area contributed by atoms with Crippen LogP contribution in [0.3, 0.4) is 0 Å². The van der Waals surface area contributed by atoms with Crippen LogP contribution in [0.4, 0.5) is 5.82 Å². The van der Waals surface area contributed by atoms with E-state index >= 15 is 0 Å². The summed E-state index contributed by atoms with van der Waals surface area (Å²) in [4.78, 5) is 6.93. The van der Waals surface area contributed by atoms with Crippen molar-refractivity contribution in [2.45, 2.75) is 51.7 Å². The van der Waals surface area contributed by atoms with E-state index in [1.807, 2.05) is 18.3 Å². The molecular weight excluding hydrogens is 262 g/mol. The summed E-state index contributed by atoms with van der Waals surface area (Å²) in [5.41, 5.74) is 0.